The molecule has 4 aliphatic rings. The molecule has 3 saturated heterocycles. The fourth-order valence-electron chi connectivity index (χ4n) is 5.37. The van der Waals surface area contributed by atoms with Gasteiger partial charge in [0, 0.05) is 31.8 Å². The van der Waals surface area contributed by atoms with E-state index in [1.807, 2.05) is 0 Å². The van der Waals surface area contributed by atoms with E-state index in [0.717, 1.165) is 0 Å². The average molecular weight is 539 g/mol. The Hall–Kier alpha value is -0.600. The predicted octanol–water partition coefficient (Wildman–Crippen LogP) is -5.45. The summed E-state index contributed by atoms with van der Waals surface area (Å²) in [5.74, 6) is 0. The van der Waals surface area contributed by atoms with Gasteiger partial charge >= 0.3 is 0 Å². The molecule has 0 aromatic rings. The van der Waals surface area contributed by atoms with Crippen molar-refractivity contribution in [2.45, 2.75) is 111 Å². The highest BCUT2D eigenvalue weighted by Gasteiger charge is 2.53. The van der Waals surface area contributed by atoms with Gasteiger partial charge in [0.15, 0.2) is 12.6 Å². The van der Waals surface area contributed by atoms with Gasteiger partial charge in [0.2, 0.25) is 0 Å². The first-order valence-corrected chi connectivity index (χ1v) is 12.8. The molecule has 13 N–H and O–H groups in total. The van der Waals surface area contributed by atoms with Gasteiger partial charge in [0.1, 0.15) is 61.0 Å². The van der Waals surface area contributed by atoms with Crippen molar-refractivity contribution < 1.29 is 54.0 Å². The average Bonchev–Trinajstić information content (AvgIpc) is 2.92. The molecule has 216 valence electrons. The first-order chi connectivity index (χ1) is 17.7. The van der Waals surface area contributed by atoms with Crippen LogP contribution in [0.3, 0.4) is 0 Å². The van der Waals surface area contributed by atoms with Crippen LogP contribution >= 0.6 is 0 Å². The standard InChI is InChI=1S/C22H42N4O11/c23-6-10-14(29)16(31)19-22(34-10)37-18-9(25)5-8(24)17(20(18)33-4-2-1-3-32-19)36-21-15(30)12(26)13(28)11(7-27)35-21/h8-22,27-31H,1-7,23-26H2/t8-,9+,10-,11-,12+,13-,14-,15-,16+,17+,18-,19-,20-,21-,22-/m1/s1. The van der Waals surface area contributed by atoms with Crippen LogP contribution in [0.25, 0.3) is 0 Å². The molecule has 15 nitrogen and oxygen atoms in total. The summed E-state index contributed by atoms with van der Waals surface area (Å²) in [7, 11) is 0. The van der Waals surface area contributed by atoms with E-state index in [0.29, 0.717) is 12.8 Å². The molecule has 0 radical (unpaired) electrons. The molecule has 0 bridgehead atoms. The van der Waals surface area contributed by atoms with Crippen molar-refractivity contribution in [3.8, 4) is 0 Å². The van der Waals surface area contributed by atoms with Gasteiger partial charge in [-0.05, 0) is 19.3 Å². The number of ether oxygens (including phenoxy) is 6. The van der Waals surface area contributed by atoms with Gasteiger partial charge in [0.05, 0.1) is 12.6 Å². The molecule has 4 rings (SSSR count). The first-order valence-electron chi connectivity index (χ1n) is 12.8. The number of hydrogen-bond acceptors (Lipinski definition) is 15. The van der Waals surface area contributed by atoms with E-state index in [4.69, 9.17) is 51.4 Å². The van der Waals surface area contributed by atoms with E-state index in [1.54, 1.807) is 0 Å². The van der Waals surface area contributed by atoms with Crippen LogP contribution in [0.15, 0.2) is 0 Å². The van der Waals surface area contributed by atoms with E-state index in [2.05, 4.69) is 0 Å². The van der Waals surface area contributed by atoms with Gasteiger partial charge in [-0.3, -0.25) is 0 Å². The van der Waals surface area contributed by atoms with Crippen molar-refractivity contribution in [1.82, 2.24) is 0 Å². The van der Waals surface area contributed by atoms with Crippen LogP contribution in [0.1, 0.15) is 19.3 Å². The Morgan fingerprint density at radius 2 is 1.41 bits per heavy atom. The van der Waals surface area contributed by atoms with Crippen molar-refractivity contribution in [3.63, 3.8) is 0 Å². The summed E-state index contributed by atoms with van der Waals surface area (Å²) in [4.78, 5) is 0. The monoisotopic (exact) mass is 538 g/mol. The molecule has 4 fully saturated rings. The highest BCUT2D eigenvalue weighted by molar-refractivity contribution is 5.02. The van der Waals surface area contributed by atoms with Crippen molar-refractivity contribution in [1.29, 1.82) is 0 Å². The van der Waals surface area contributed by atoms with Crippen LogP contribution in [-0.2, 0) is 28.4 Å². The number of fused-ring (bicyclic) bond motifs is 2. The SMILES string of the molecule is NC[C@H]1O[C@@H]2O[C@H]3[C@H](OCCCCO[C@@H]2[C@@H](O)[C@@H]1O)[C@@H](O[C@H]1O[C@H](CO)[C@@H](O)[C@H](N)[C@H]1O)[C@H](N)C[C@@H]3N. The van der Waals surface area contributed by atoms with Gasteiger partial charge in [0.25, 0.3) is 0 Å². The minimum atomic E-state index is -1.41. The minimum absolute atomic E-state index is 0.0624. The quantitative estimate of drug-likeness (QED) is 0.162. The molecule has 1 saturated carbocycles. The second kappa shape index (κ2) is 12.7. The lowest BCUT2D eigenvalue weighted by Crippen LogP contribution is -2.69. The van der Waals surface area contributed by atoms with Crippen LogP contribution < -0.4 is 22.9 Å². The van der Waals surface area contributed by atoms with E-state index < -0.39 is 98.4 Å². The maximum absolute atomic E-state index is 10.7. The summed E-state index contributed by atoms with van der Waals surface area (Å²) in [6, 6.07) is -2.41. The maximum atomic E-state index is 10.7. The normalized spacial score (nSPS) is 52.0. The molecule has 3 heterocycles. The molecular weight excluding hydrogens is 496 g/mol. The van der Waals surface area contributed by atoms with E-state index >= 15 is 0 Å². The van der Waals surface area contributed by atoms with Crippen LogP contribution in [0.2, 0.25) is 0 Å². The zero-order chi connectivity index (χ0) is 26.9. The number of aliphatic hydroxyl groups is 5. The van der Waals surface area contributed by atoms with Crippen LogP contribution in [0.5, 0.6) is 0 Å². The third kappa shape index (κ3) is 6.11. The lowest BCUT2D eigenvalue weighted by molar-refractivity contribution is -0.338. The fraction of sp³-hybridized carbons (Fsp3) is 1.00. The van der Waals surface area contributed by atoms with Crippen molar-refractivity contribution in [2.75, 3.05) is 26.4 Å². The summed E-state index contributed by atoms with van der Waals surface area (Å²) >= 11 is 0. The van der Waals surface area contributed by atoms with Crippen LogP contribution in [0, 0.1) is 0 Å². The Labute approximate surface area is 214 Å². The Bertz CT molecular complexity index is 726. The fourth-order valence-corrected chi connectivity index (χ4v) is 5.37. The smallest absolute Gasteiger partial charge is 0.187 e. The van der Waals surface area contributed by atoms with Crippen LogP contribution in [0.4, 0.5) is 0 Å². The third-order valence-electron chi connectivity index (χ3n) is 7.59. The predicted molar refractivity (Wildman–Crippen MR) is 124 cm³/mol. The molecule has 0 aromatic heterocycles. The van der Waals surface area contributed by atoms with E-state index in [-0.39, 0.29) is 26.2 Å². The Morgan fingerprint density at radius 1 is 0.730 bits per heavy atom. The third-order valence-corrected chi connectivity index (χ3v) is 7.59. The van der Waals surface area contributed by atoms with Gasteiger partial charge < -0.3 is 76.9 Å². The number of aliphatic hydroxyl groups excluding tert-OH is 5. The molecule has 3 aliphatic heterocycles. The molecule has 37 heavy (non-hydrogen) atoms. The second-order valence-electron chi connectivity index (χ2n) is 10.2. The lowest BCUT2D eigenvalue weighted by atomic mass is 9.84. The molecule has 1 aliphatic carbocycles. The Kier molecular flexibility index (Phi) is 10.1. The van der Waals surface area contributed by atoms with Gasteiger partial charge in [-0.1, -0.05) is 0 Å². The molecule has 15 atom stereocenters. The molecule has 15 heteroatoms. The number of nitrogens with two attached hydrogens (primary N) is 4. The first kappa shape index (κ1) is 29.4. The molecule has 0 aromatic carbocycles. The summed E-state index contributed by atoms with van der Waals surface area (Å²) in [6.45, 7) is -0.0513. The zero-order valence-electron chi connectivity index (χ0n) is 20.6. The van der Waals surface area contributed by atoms with E-state index in [9.17, 15) is 25.5 Å². The highest BCUT2D eigenvalue weighted by atomic mass is 16.7. The highest BCUT2D eigenvalue weighted by Crippen LogP contribution is 2.33. The summed E-state index contributed by atoms with van der Waals surface area (Å²) < 4.78 is 35.8. The summed E-state index contributed by atoms with van der Waals surface area (Å²) in [5, 5.41) is 51.5. The van der Waals surface area contributed by atoms with E-state index in [1.165, 1.54) is 0 Å². The maximum Gasteiger partial charge on any atom is 0.187 e. The summed E-state index contributed by atoms with van der Waals surface area (Å²) in [5.41, 5.74) is 24.5. The molecule has 0 amide bonds. The zero-order valence-corrected chi connectivity index (χ0v) is 20.6. The van der Waals surface area contributed by atoms with Crippen molar-refractivity contribution in [3.05, 3.63) is 0 Å². The Balaban J connectivity index is 1.58. The topological polar surface area (TPSA) is 261 Å². The Morgan fingerprint density at radius 3 is 2.05 bits per heavy atom. The largest absolute Gasteiger partial charge is 0.394 e. The lowest BCUT2D eigenvalue weighted by Gasteiger charge is -2.49. The second-order valence-corrected chi connectivity index (χ2v) is 10.2. The number of hydrogen-bond donors (Lipinski definition) is 9. The molecule has 0 unspecified atom stereocenters. The van der Waals surface area contributed by atoms with Gasteiger partial charge in [-0.2, -0.15) is 0 Å². The van der Waals surface area contributed by atoms with Crippen molar-refractivity contribution >= 4 is 0 Å². The summed E-state index contributed by atoms with van der Waals surface area (Å²) in [6.07, 6.45) is -11.9. The van der Waals surface area contributed by atoms with Crippen LogP contribution in [-0.4, -0.2) is 144 Å². The molecule has 0 spiro atoms. The number of rotatable bonds is 4. The minimum Gasteiger partial charge on any atom is -0.394 e. The van der Waals surface area contributed by atoms with Gasteiger partial charge in [-0.15, -0.1) is 0 Å². The molecular formula is C22H42N4O11. The van der Waals surface area contributed by atoms with Crippen molar-refractivity contribution in [2.24, 2.45) is 22.9 Å². The van der Waals surface area contributed by atoms with Gasteiger partial charge in [-0.25, -0.2) is 0 Å².